The van der Waals surface area contributed by atoms with Crippen LogP contribution in [0, 0.1) is 0 Å². The molecular weight excluding hydrogens is 831 g/mol. The molecule has 5 heterocycles. The van der Waals surface area contributed by atoms with Gasteiger partial charge in [-0.25, -0.2) is 0 Å². The Labute approximate surface area is 388 Å². The highest BCUT2D eigenvalue weighted by Gasteiger charge is 2.25. The molecule has 316 valence electrons. The molecule has 7 heteroatoms. The lowest BCUT2D eigenvalue weighted by Gasteiger charge is -2.14. The minimum Gasteiger partial charge on any atom is -0.309 e. The van der Waals surface area contributed by atoms with E-state index in [0.29, 0.717) is 17.8 Å². The van der Waals surface area contributed by atoms with Gasteiger partial charge in [-0.15, -0.1) is 0 Å². The zero-order chi connectivity index (χ0) is 44.5. The predicted octanol–water partition coefficient (Wildman–Crippen LogP) is 15.1. The second-order valence-corrected chi connectivity index (χ2v) is 17.6. The van der Waals surface area contributed by atoms with Gasteiger partial charge in [-0.05, 0) is 88.6 Å². The van der Waals surface area contributed by atoms with Crippen molar-refractivity contribution >= 4 is 98.0 Å². The third kappa shape index (κ3) is 5.21. The van der Waals surface area contributed by atoms with E-state index in [0.717, 1.165) is 82.1 Å². The molecule has 0 saturated carbocycles. The first-order valence-corrected chi connectivity index (χ1v) is 23.0. The molecule has 0 unspecified atom stereocenters. The Morgan fingerprint density at radius 1 is 0.235 bits per heavy atom. The number of hydrogen-bond acceptors (Lipinski definition) is 3. The zero-order valence-corrected chi connectivity index (χ0v) is 36.5. The molecule has 0 bridgehead atoms. The maximum atomic E-state index is 5.53. The molecule has 0 spiro atoms. The molecule has 0 amide bonds. The van der Waals surface area contributed by atoms with Gasteiger partial charge < -0.3 is 4.57 Å². The monoisotopic (exact) mass is 867 g/mol. The summed E-state index contributed by atoms with van der Waals surface area (Å²) in [6.45, 7) is 0. The van der Waals surface area contributed by atoms with E-state index in [-0.39, 0.29) is 0 Å². The van der Waals surface area contributed by atoms with Crippen molar-refractivity contribution in [1.29, 1.82) is 0 Å². The summed E-state index contributed by atoms with van der Waals surface area (Å²) < 4.78 is 9.05. The minimum atomic E-state index is 0.533. The molecule has 0 aliphatic rings. The first kappa shape index (κ1) is 36.9. The third-order valence-corrected chi connectivity index (χ3v) is 14.0. The molecule has 15 rings (SSSR count). The van der Waals surface area contributed by atoms with Crippen molar-refractivity contribution in [1.82, 2.24) is 33.2 Å². The molecule has 0 atom stereocenters. The van der Waals surface area contributed by atoms with E-state index >= 15 is 0 Å². The van der Waals surface area contributed by atoms with Crippen LogP contribution in [0.3, 0.4) is 0 Å². The summed E-state index contributed by atoms with van der Waals surface area (Å²) in [6, 6.07) is 80.3. The van der Waals surface area contributed by atoms with Crippen LogP contribution in [0.15, 0.2) is 224 Å². The highest BCUT2D eigenvalue weighted by molar-refractivity contribution is 6.29. The van der Waals surface area contributed by atoms with Crippen molar-refractivity contribution in [2.75, 3.05) is 0 Å². The van der Waals surface area contributed by atoms with E-state index < -0.39 is 0 Å². The fourth-order valence-corrected chi connectivity index (χ4v) is 11.1. The van der Waals surface area contributed by atoms with Crippen LogP contribution in [0.2, 0.25) is 0 Å². The van der Waals surface area contributed by atoms with E-state index in [1.54, 1.807) is 0 Å². The van der Waals surface area contributed by atoms with Gasteiger partial charge in [0.05, 0.1) is 44.1 Å². The van der Waals surface area contributed by atoms with Crippen LogP contribution in [0.4, 0.5) is 0 Å². The second-order valence-electron chi connectivity index (χ2n) is 17.6. The number of nitrogens with zero attached hydrogens (tertiary/aromatic N) is 7. The smallest absolute Gasteiger partial charge is 0.241 e. The second kappa shape index (κ2) is 14.1. The number of hydrogen-bond donors (Lipinski definition) is 0. The predicted molar refractivity (Wildman–Crippen MR) is 280 cm³/mol. The van der Waals surface area contributed by atoms with Crippen LogP contribution in [0.25, 0.3) is 133 Å². The molecule has 68 heavy (non-hydrogen) atoms. The van der Waals surface area contributed by atoms with Gasteiger partial charge in [-0.1, -0.05) is 158 Å². The summed E-state index contributed by atoms with van der Waals surface area (Å²) >= 11 is 0. The Hall–Kier alpha value is -9.33. The van der Waals surface area contributed by atoms with E-state index in [1.165, 1.54) is 32.7 Å². The van der Waals surface area contributed by atoms with Gasteiger partial charge >= 0.3 is 0 Å². The van der Waals surface area contributed by atoms with Crippen LogP contribution in [-0.2, 0) is 0 Å². The van der Waals surface area contributed by atoms with Crippen molar-refractivity contribution in [2.24, 2.45) is 0 Å². The summed E-state index contributed by atoms with van der Waals surface area (Å²) in [5, 5.41) is 11.7. The highest BCUT2D eigenvalue weighted by atomic mass is 15.3. The number of fused-ring (bicyclic) bond motifs is 14. The maximum absolute atomic E-state index is 5.53. The van der Waals surface area contributed by atoms with Gasteiger partial charge in [0.15, 0.2) is 0 Å². The van der Waals surface area contributed by atoms with Gasteiger partial charge in [-0.2, -0.15) is 15.0 Å². The topological polar surface area (TPSA) is 58.4 Å². The van der Waals surface area contributed by atoms with Crippen molar-refractivity contribution in [3.63, 3.8) is 0 Å². The number of benzene rings is 10. The lowest BCUT2D eigenvalue weighted by Crippen LogP contribution is -2.13. The Morgan fingerprint density at radius 2 is 0.603 bits per heavy atom. The lowest BCUT2D eigenvalue weighted by atomic mass is 10.0. The Kier molecular flexibility index (Phi) is 7.65. The lowest BCUT2D eigenvalue weighted by molar-refractivity contribution is 0.848. The van der Waals surface area contributed by atoms with Crippen LogP contribution in [-0.4, -0.2) is 33.2 Å². The van der Waals surface area contributed by atoms with E-state index in [1.807, 2.05) is 0 Å². The first-order valence-electron chi connectivity index (χ1n) is 23.0. The molecule has 0 N–H and O–H groups in total. The van der Waals surface area contributed by atoms with Crippen molar-refractivity contribution in [2.45, 2.75) is 0 Å². The van der Waals surface area contributed by atoms with Crippen molar-refractivity contribution < 1.29 is 0 Å². The van der Waals surface area contributed by atoms with Gasteiger partial charge in [0.1, 0.15) is 0 Å². The quantitative estimate of drug-likeness (QED) is 0.173. The normalized spacial score (nSPS) is 12.1. The largest absolute Gasteiger partial charge is 0.309 e. The molecule has 0 aliphatic carbocycles. The van der Waals surface area contributed by atoms with Crippen LogP contribution in [0.5, 0.6) is 0 Å². The SMILES string of the molecule is c1cc(-c2ccc3ccccc3c2)cc(-n2c3ccccc3c3c4c5ccccc5n(-c5nc(-n6c7ccccc7c7ccccc76)nc(-n6c7ccccc7c7ccccc76)n5)c4ccc32)c1. The summed E-state index contributed by atoms with van der Waals surface area (Å²) in [5.74, 6) is 1.62. The molecule has 7 nitrogen and oxygen atoms in total. The van der Waals surface area contributed by atoms with Crippen LogP contribution < -0.4 is 0 Å². The van der Waals surface area contributed by atoms with Crippen molar-refractivity contribution in [3.8, 4) is 34.7 Å². The van der Waals surface area contributed by atoms with Gasteiger partial charge in [0.25, 0.3) is 0 Å². The summed E-state index contributed by atoms with van der Waals surface area (Å²) in [7, 11) is 0. The Balaban J connectivity index is 1.02. The maximum Gasteiger partial charge on any atom is 0.241 e. The van der Waals surface area contributed by atoms with Gasteiger partial charge in [0.2, 0.25) is 17.8 Å². The molecule has 0 radical (unpaired) electrons. The Bertz CT molecular complexity index is 4340. The fourth-order valence-electron chi connectivity index (χ4n) is 11.1. The van der Waals surface area contributed by atoms with Gasteiger partial charge in [0, 0.05) is 48.8 Å². The van der Waals surface area contributed by atoms with E-state index in [2.05, 4.69) is 243 Å². The summed E-state index contributed by atoms with van der Waals surface area (Å²) in [4.78, 5) is 16.5. The highest BCUT2D eigenvalue weighted by Crippen LogP contribution is 2.43. The number of aromatic nitrogens is 7. The molecule has 0 fully saturated rings. The van der Waals surface area contributed by atoms with Crippen LogP contribution in [0.1, 0.15) is 0 Å². The van der Waals surface area contributed by atoms with E-state index in [4.69, 9.17) is 15.0 Å². The number of para-hydroxylation sites is 6. The molecule has 0 saturated heterocycles. The van der Waals surface area contributed by atoms with Crippen LogP contribution >= 0.6 is 0 Å². The zero-order valence-electron chi connectivity index (χ0n) is 36.5. The minimum absolute atomic E-state index is 0.533. The molecular formula is C61H37N7. The molecule has 15 aromatic rings. The number of rotatable bonds is 5. The molecule has 10 aromatic carbocycles. The van der Waals surface area contributed by atoms with Crippen molar-refractivity contribution in [3.05, 3.63) is 224 Å². The Morgan fingerprint density at radius 3 is 1.10 bits per heavy atom. The average Bonchev–Trinajstić information content (AvgIpc) is 4.13. The molecule has 5 aromatic heterocycles. The molecule has 0 aliphatic heterocycles. The summed E-state index contributed by atoms with van der Waals surface area (Å²) in [6.07, 6.45) is 0. The third-order valence-electron chi connectivity index (χ3n) is 14.0. The standard InChI is InChI=1S/C61H37N7/c1-2-17-39-36-41(33-32-38(39)16-1)40-18-15-19-42(37-40)65-53-30-13-7-24-47(53)57-55(65)34-35-56-58(57)48-25-8-14-31-54(48)68(56)61-63-59(66-49-26-9-3-20-43(49)44-21-4-10-27-50(44)66)62-60(64-61)67-51-28-11-5-22-45(51)46-23-6-12-29-52(46)67/h1-37H. The first-order chi connectivity index (χ1) is 33.7. The van der Waals surface area contributed by atoms with Gasteiger partial charge in [-0.3, -0.25) is 13.7 Å². The average molecular weight is 868 g/mol. The van der Waals surface area contributed by atoms with E-state index in [9.17, 15) is 0 Å². The fraction of sp³-hybridized carbons (Fsp3) is 0. The summed E-state index contributed by atoms with van der Waals surface area (Å²) in [5.41, 5.74) is 11.9.